The van der Waals surface area contributed by atoms with Gasteiger partial charge in [-0.05, 0) is 56.0 Å². The highest BCUT2D eigenvalue weighted by molar-refractivity contribution is 7.10. The lowest BCUT2D eigenvalue weighted by Gasteiger charge is -2.23. The van der Waals surface area contributed by atoms with E-state index >= 15 is 0 Å². The van der Waals surface area contributed by atoms with Crippen LogP contribution in [0.4, 0.5) is 0 Å². The molecule has 0 amide bonds. The quantitative estimate of drug-likeness (QED) is 0.537. The fourth-order valence-electron chi connectivity index (χ4n) is 4.08. The fraction of sp³-hybridized carbons (Fsp3) is 0.240. The number of ether oxygens (including phenoxy) is 2. The summed E-state index contributed by atoms with van der Waals surface area (Å²) < 4.78 is 13.5. The van der Waals surface area contributed by atoms with Crippen LogP contribution in [0.3, 0.4) is 0 Å². The van der Waals surface area contributed by atoms with Crippen LogP contribution in [0.15, 0.2) is 68.4 Å². The van der Waals surface area contributed by atoms with Crippen molar-refractivity contribution in [3.63, 3.8) is 0 Å². The van der Waals surface area contributed by atoms with Crippen LogP contribution in [0.2, 0.25) is 0 Å². The number of hydrogen-bond acceptors (Lipinski definition) is 7. The molecule has 5 rings (SSSR count). The lowest BCUT2D eigenvalue weighted by atomic mass is 10.0. The first-order chi connectivity index (χ1) is 16.0. The number of para-hydroxylation sites is 1. The molecular formula is C25H22N2O4S2. The molecule has 168 valence electrons. The third kappa shape index (κ3) is 3.79. The summed E-state index contributed by atoms with van der Waals surface area (Å²) in [4.78, 5) is 32.5. The number of hydrogen-bond donors (Lipinski definition) is 0. The summed E-state index contributed by atoms with van der Waals surface area (Å²) in [5.41, 5.74) is 2.68. The molecule has 0 aliphatic carbocycles. The maximum atomic E-state index is 13.6. The Morgan fingerprint density at radius 3 is 2.85 bits per heavy atom. The Morgan fingerprint density at radius 2 is 2.09 bits per heavy atom. The monoisotopic (exact) mass is 478 g/mol. The van der Waals surface area contributed by atoms with Gasteiger partial charge in [0.1, 0.15) is 17.9 Å². The van der Waals surface area contributed by atoms with Crippen molar-refractivity contribution < 1.29 is 14.3 Å². The molecule has 4 heterocycles. The van der Waals surface area contributed by atoms with Crippen molar-refractivity contribution in [1.29, 1.82) is 0 Å². The molecule has 0 fully saturated rings. The predicted molar refractivity (Wildman–Crippen MR) is 130 cm³/mol. The number of fused-ring (bicyclic) bond motifs is 2. The first kappa shape index (κ1) is 21.6. The van der Waals surface area contributed by atoms with Crippen LogP contribution in [0.1, 0.15) is 37.3 Å². The Kier molecular flexibility index (Phi) is 5.64. The van der Waals surface area contributed by atoms with Crippen molar-refractivity contribution in [3.05, 3.63) is 88.7 Å². The summed E-state index contributed by atoms with van der Waals surface area (Å²) >= 11 is 2.82. The first-order valence-corrected chi connectivity index (χ1v) is 12.4. The predicted octanol–water partition coefficient (Wildman–Crippen LogP) is 3.68. The minimum atomic E-state index is -0.558. The van der Waals surface area contributed by atoms with Crippen molar-refractivity contribution in [2.75, 3.05) is 6.61 Å². The van der Waals surface area contributed by atoms with E-state index < -0.39 is 12.0 Å². The number of aromatic nitrogens is 1. The van der Waals surface area contributed by atoms with Gasteiger partial charge in [0, 0.05) is 10.4 Å². The van der Waals surface area contributed by atoms with Gasteiger partial charge in [0.2, 0.25) is 0 Å². The molecule has 0 N–H and O–H groups in total. The smallest absolute Gasteiger partial charge is 0.338 e. The molecule has 6 nitrogen and oxygen atoms in total. The van der Waals surface area contributed by atoms with Crippen LogP contribution < -0.4 is 19.6 Å². The van der Waals surface area contributed by atoms with Crippen molar-refractivity contribution in [2.24, 2.45) is 4.99 Å². The first-order valence-electron chi connectivity index (χ1n) is 10.7. The lowest BCUT2D eigenvalue weighted by Crippen LogP contribution is -2.39. The number of esters is 1. The van der Waals surface area contributed by atoms with Crippen molar-refractivity contribution in [2.45, 2.75) is 32.9 Å². The van der Waals surface area contributed by atoms with E-state index in [0.717, 1.165) is 21.8 Å². The highest BCUT2D eigenvalue weighted by Gasteiger charge is 2.34. The average Bonchev–Trinajstić information content (AvgIpc) is 3.42. The Morgan fingerprint density at radius 1 is 1.27 bits per heavy atom. The molecule has 0 unspecified atom stereocenters. The number of benzene rings is 1. The Hall–Kier alpha value is -3.23. The van der Waals surface area contributed by atoms with Gasteiger partial charge in [0.25, 0.3) is 5.56 Å². The van der Waals surface area contributed by atoms with Crippen LogP contribution in [-0.2, 0) is 9.53 Å². The van der Waals surface area contributed by atoms with E-state index in [-0.39, 0.29) is 18.3 Å². The lowest BCUT2D eigenvalue weighted by molar-refractivity contribution is -0.139. The molecule has 33 heavy (non-hydrogen) atoms. The zero-order valence-electron chi connectivity index (χ0n) is 18.4. The van der Waals surface area contributed by atoms with Gasteiger partial charge in [-0.25, -0.2) is 9.79 Å². The summed E-state index contributed by atoms with van der Waals surface area (Å²) in [6, 6.07) is 11.1. The second-order valence-corrected chi connectivity index (χ2v) is 9.75. The summed E-state index contributed by atoms with van der Waals surface area (Å²) in [5, 5.41) is 1.94. The highest BCUT2D eigenvalue weighted by Crippen LogP contribution is 2.33. The Labute approximate surface area is 198 Å². The van der Waals surface area contributed by atoms with Gasteiger partial charge in [-0.15, -0.1) is 11.3 Å². The van der Waals surface area contributed by atoms with Crippen molar-refractivity contribution >= 4 is 40.8 Å². The summed E-state index contributed by atoms with van der Waals surface area (Å²) in [6.07, 6.45) is 3.73. The van der Waals surface area contributed by atoms with Crippen LogP contribution in [0.5, 0.6) is 5.75 Å². The maximum Gasteiger partial charge on any atom is 0.338 e. The van der Waals surface area contributed by atoms with Gasteiger partial charge in [0.15, 0.2) is 4.80 Å². The number of allylic oxidation sites excluding steroid dienone is 1. The van der Waals surface area contributed by atoms with Crippen molar-refractivity contribution in [1.82, 2.24) is 4.57 Å². The third-order valence-electron chi connectivity index (χ3n) is 5.64. The van der Waals surface area contributed by atoms with E-state index in [1.807, 2.05) is 60.9 Å². The number of thiazole rings is 1. The van der Waals surface area contributed by atoms with Crippen LogP contribution in [0, 0.1) is 0 Å². The number of carbonyl (C=O) groups excluding carboxylic acids is 1. The van der Waals surface area contributed by atoms with Gasteiger partial charge in [-0.1, -0.05) is 35.6 Å². The van der Waals surface area contributed by atoms with E-state index in [2.05, 4.69) is 4.99 Å². The molecule has 0 spiro atoms. The van der Waals surface area contributed by atoms with Crippen LogP contribution >= 0.6 is 22.7 Å². The number of carbonyl (C=O) groups is 1. The fourth-order valence-corrected chi connectivity index (χ4v) is 5.95. The highest BCUT2D eigenvalue weighted by atomic mass is 32.1. The van der Waals surface area contributed by atoms with Gasteiger partial charge < -0.3 is 9.47 Å². The average molecular weight is 479 g/mol. The standard InChI is InChI=1S/C25H22N2O4S2/c1-4-30-24(29)21-14(2)26-25-27(22(21)19-10-7-11-32-19)23(28)20(33-25)13-17-12-16-8-5-6-9-18(16)31-15(17)3/h5-13,15,22H,4H2,1-3H3/b20-13-/t15-,22+/m1/s1. The second-order valence-electron chi connectivity index (χ2n) is 7.76. The number of rotatable bonds is 4. The van der Waals surface area contributed by atoms with E-state index in [4.69, 9.17) is 9.47 Å². The largest absolute Gasteiger partial charge is 0.485 e. The molecule has 2 aliphatic heterocycles. The van der Waals surface area contributed by atoms with E-state index in [0.29, 0.717) is 20.6 Å². The van der Waals surface area contributed by atoms with E-state index in [9.17, 15) is 9.59 Å². The Balaban J connectivity index is 1.68. The molecule has 2 aliphatic rings. The topological polar surface area (TPSA) is 69.9 Å². The third-order valence-corrected chi connectivity index (χ3v) is 7.55. The zero-order valence-corrected chi connectivity index (χ0v) is 20.0. The summed E-state index contributed by atoms with van der Waals surface area (Å²) in [6.45, 7) is 5.78. The Bertz CT molecular complexity index is 1480. The van der Waals surface area contributed by atoms with E-state index in [1.54, 1.807) is 18.4 Å². The van der Waals surface area contributed by atoms with Crippen LogP contribution in [-0.4, -0.2) is 23.2 Å². The normalized spacial score (nSPS) is 19.8. The summed E-state index contributed by atoms with van der Waals surface area (Å²) in [5.74, 6) is 0.385. The molecule has 0 bridgehead atoms. The zero-order chi connectivity index (χ0) is 23.1. The molecular weight excluding hydrogens is 456 g/mol. The molecule has 1 aromatic carbocycles. The number of nitrogens with zero attached hydrogens (tertiary/aromatic N) is 2. The molecule has 0 saturated heterocycles. The number of thiophene rings is 1. The molecule has 0 radical (unpaired) electrons. The van der Waals surface area contributed by atoms with Gasteiger partial charge in [-0.3, -0.25) is 9.36 Å². The molecule has 2 atom stereocenters. The molecule has 8 heteroatoms. The van der Waals surface area contributed by atoms with Crippen molar-refractivity contribution in [3.8, 4) is 5.75 Å². The SMILES string of the molecule is CCOC(=O)C1=C(C)N=c2s/c(=C\C3=Cc4ccccc4O[C@@H]3C)c(=O)n2[C@H]1c1cccs1. The van der Waals surface area contributed by atoms with Gasteiger partial charge in [0.05, 0.1) is 22.4 Å². The maximum absolute atomic E-state index is 13.6. The minimum Gasteiger partial charge on any atom is -0.485 e. The molecule has 2 aromatic heterocycles. The van der Waals surface area contributed by atoms with Gasteiger partial charge >= 0.3 is 5.97 Å². The second kappa shape index (κ2) is 8.61. The molecule has 0 saturated carbocycles. The van der Waals surface area contributed by atoms with Crippen LogP contribution in [0.25, 0.3) is 12.2 Å². The molecule has 3 aromatic rings. The minimum absolute atomic E-state index is 0.182. The summed E-state index contributed by atoms with van der Waals surface area (Å²) in [7, 11) is 0. The van der Waals surface area contributed by atoms with Gasteiger partial charge in [-0.2, -0.15) is 0 Å². The van der Waals surface area contributed by atoms with E-state index in [1.165, 1.54) is 22.7 Å².